The van der Waals surface area contributed by atoms with Gasteiger partial charge in [0.1, 0.15) is 11.3 Å². The maximum Gasteiger partial charge on any atom is 0.247 e. The molecule has 0 spiro atoms. The molecule has 0 saturated heterocycles. The van der Waals surface area contributed by atoms with E-state index >= 15 is 0 Å². The highest BCUT2D eigenvalue weighted by Crippen LogP contribution is 2.20. The number of H-pyrrole nitrogens is 2. The molecule has 0 aliphatic heterocycles. The summed E-state index contributed by atoms with van der Waals surface area (Å²) in [5.41, 5.74) is 1.45. The van der Waals surface area contributed by atoms with Crippen molar-refractivity contribution in [3.8, 4) is 11.4 Å². The van der Waals surface area contributed by atoms with Gasteiger partial charge in [0.25, 0.3) is 0 Å². The second-order valence-electron chi connectivity index (χ2n) is 3.66. The SMILES string of the molecule is O=c1ccc(-c2nc3c(F)cccc3[nH]2)c[nH]1. The quantitative estimate of drug-likeness (QED) is 0.670. The van der Waals surface area contributed by atoms with Gasteiger partial charge in [0.2, 0.25) is 5.56 Å². The third-order valence-corrected chi connectivity index (χ3v) is 2.52. The Labute approximate surface area is 95.1 Å². The van der Waals surface area contributed by atoms with E-state index in [1.54, 1.807) is 18.2 Å². The predicted molar refractivity (Wildman–Crippen MR) is 62.1 cm³/mol. The molecule has 3 rings (SSSR count). The fourth-order valence-electron chi connectivity index (χ4n) is 1.69. The number of rotatable bonds is 1. The number of hydrogen-bond donors (Lipinski definition) is 2. The molecule has 0 unspecified atom stereocenters. The van der Waals surface area contributed by atoms with E-state index in [4.69, 9.17) is 0 Å². The maximum absolute atomic E-state index is 13.4. The first kappa shape index (κ1) is 9.77. The second-order valence-corrected chi connectivity index (χ2v) is 3.66. The maximum atomic E-state index is 13.4. The van der Waals surface area contributed by atoms with Crippen LogP contribution in [0.3, 0.4) is 0 Å². The van der Waals surface area contributed by atoms with Crippen LogP contribution in [-0.4, -0.2) is 15.0 Å². The molecule has 2 N–H and O–H groups in total. The molecule has 2 heterocycles. The van der Waals surface area contributed by atoms with Crippen molar-refractivity contribution < 1.29 is 4.39 Å². The Morgan fingerprint density at radius 1 is 1.18 bits per heavy atom. The van der Waals surface area contributed by atoms with Crippen LogP contribution in [0.25, 0.3) is 22.4 Å². The fourth-order valence-corrected chi connectivity index (χ4v) is 1.69. The van der Waals surface area contributed by atoms with Crippen LogP contribution >= 0.6 is 0 Å². The number of nitrogens with zero attached hydrogens (tertiary/aromatic N) is 1. The number of benzene rings is 1. The number of aromatic nitrogens is 3. The molecule has 0 fully saturated rings. The summed E-state index contributed by atoms with van der Waals surface area (Å²) in [6, 6.07) is 7.76. The van der Waals surface area contributed by atoms with Crippen LogP contribution in [0.1, 0.15) is 0 Å². The number of imidazole rings is 1. The average molecular weight is 229 g/mol. The van der Waals surface area contributed by atoms with Gasteiger partial charge < -0.3 is 9.97 Å². The topological polar surface area (TPSA) is 61.5 Å². The Balaban J connectivity index is 2.21. The van der Waals surface area contributed by atoms with Crippen LogP contribution in [0.15, 0.2) is 41.3 Å². The summed E-state index contributed by atoms with van der Waals surface area (Å²) >= 11 is 0. The number of pyridine rings is 1. The third kappa shape index (κ3) is 1.61. The van der Waals surface area contributed by atoms with Crippen LogP contribution in [0.5, 0.6) is 0 Å². The molecule has 5 heteroatoms. The number of nitrogens with one attached hydrogen (secondary N) is 2. The van der Waals surface area contributed by atoms with Crippen LogP contribution < -0.4 is 5.56 Å². The third-order valence-electron chi connectivity index (χ3n) is 2.52. The molecule has 0 aliphatic carbocycles. The molecule has 1 aromatic carbocycles. The summed E-state index contributed by atoms with van der Waals surface area (Å²) in [6.07, 6.45) is 1.54. The molecule has 17 heavy (non-hydrogen) atoms. The average Bonchev–Trinajstić information content (AvgIpc) is 2.75. The fraction of sp³-hybridized carbons (Fsp3) is 0. The molecule has 0 bridgehead atoms. The highest BCUT2D eigenvalue weighted by atomic mass is 19.1. The normalized spacial score (nSPS) is 10.9. The summed E-state index contributed by atoms with van der Waals surface area (Å²) in [5.74, 6) is 0.163. The number of aromatic amines is 2. The molecule has 4 nitrogen and oxygen atoms in total. The van der Waals surface area contributed by atoms with Crippen molar-refractivity contribution in [2.45, 2.75) is 0 Å². The van der Waals surface area contributed by atoms with Crippen molar-refractivity contribution in [2.24, 2.45) is 0 Å². The molecule has 0 atom stereocenters. The Morgan fingerprint density at radius 3 is 2.76 bits per heavy atom. The van der Waals surface area contributed by atoms with E-state index in [1.807, 2.05) is 0 Å². The molecule has 0 aliphatic rings. The zero-order chi connectivity index (χ0) is 11.8. The highest BCUT2D eigenvalue weighted by molar-refractivity contribution is 5.79. The molecular weight excluding hydrogens is 221 g/mol. The number of fused-ring (bicyclic) bond motifs is 1. The van der Waals surface area contributed by atoms with Gasteiger partial charge in [-0.2, -0.15) is 0 Å². The van der Waals surface area contributed by atoms with E-state index < -0.39 is 0 Å². The molecule has 0 saturated carbocycles. The van der Waals surface area contributed by atoms with Crippen molar-refractivity contribution in [3.63, 3.8) is 0 Å². The Kier molecular flexibility index (Phi) is 2.04. The first-order chi connectivity index (χ1) is 8.24. The summed E-state index contributed by atoms with van der Waals surface area (Å²) < 4.78 is 13.4. The first-order valence-electron chi connectivity index (χ1n) is 5.07. The largest absolute Gasteiger partial charge is 0.338 e. The number of halogens is 1. The minimum absolute atomic E-state index is 0.184. The van der Waals surface area contributed by atoms with E-state index in [0.29, 0.717) is 22.4 Å². The standard InChI is InChI=1S/C12H8FN3O/c13-8-2-1-3-9-11(8)16-12(15-9)7-4-5-10(17)14-6-7/h1-6H,(H,14,17)(H,15,16). The molecular formula is C12H8FN3O. The van der Waals surface area contributed by atoms with Gasteiger partial charge in [-0.05, 0) is 18.2 Å². The van der Waals surface area contributed by atoms with Gasteiger partial charge in [-0.1, -0.05) is 6.07 Å². The van der Waals surface area contributed by atoms with E-state index in [1.165, 1.54) is 18.3 Å². The number of hydrogen-bond acceptors (Lipinski definition) is 2. The smallest absolute Gasteiger partial charge is 0.247 e. The van der Waals surface area contributed by atoms with E-state index in [9.17, 15) is 9.18 Å². The van der Waals surface area contributed by atoms with Crippen molar-refractivity contribution in [3.05, 3.63) is 52.7 Å². The van der Waals surface area contributed by atoms with Crippen LogP contribution in [0.2, 0.25) is 0 Å². The molecule has 0 radical (unpaired) electrons. The lowest BCUT2D eigenvalue weighted by Crippen LogP contribution is -2.01. The molecule has 2 aromatic heterocycles. The Hall–Kier alpha value is -2.43. The summed E-state index contributed by atoms with van der Waals surface area (Å²) in [6.45, 7) is 0. The van der Waals surface area contributed by atoms with E-state index in [-0.39, 0.29) is 11.4 Å². The molecule has 84 valence electrons. The monoisotopic (exact) mass is 229 g/mol. The predicted octanol–water partition coefficient (Wildman–Crippen LogP) is 2.06. The lowest BCUT2D eigenvalue weighted by atomic mass is 10.3. The zero-order valence-corrected chi connectivity index (χ0v) is 8.70. The Morgan fingerprint density at radius 2 is 2.06 bits per heavy atom. The Bertz CT molecular complexity index is 724. The minimum Gasteiger partial charge on any atom is -0.338 e. The lowest BCUT2D eigenvalue weighted by molar-refractivity contribution is 0.637. The van der Waals surface area contributed by atoms with Gasteiger partial charge in [0, 0.05) is 17.8 Å². The van der Waals surface area contributed by atoms with Gasteiger partial charge in [-0.25, -0.2) is 9.37 Å². The second kappa shape index (κ2) is 3.55. The zero-order valence-electron chi connectivity index (χ0n) is 8.70. The lowest BCUT2D eigenvalue weighted by Gasteiger charge is -1.93. The molecule has 3 aromatic rings. The summed E-state index contributed by atoms with van der Waals surface area (Å²) in [5, 5.41) is 0. The van der Waals surface area contributed by atoms with Gasteiger partial charge in [0.05, 0.1) is 5.52 Å². The van der Waals surface area contributed by atoms with Gasteiger partial charge in [0.15, 0.2) is 5.82 Å². The van der Waals surface area contributed by atoms with Crippen LogP contribution in [0, 0.1) is 5.82 Å². The number of para-hydroxylation sites is 1. The van der Waals surface area contributed by atoms with Crippen LogP contribution in [-0.2, 0) is 0 Å². The van der Waals surface area contributed by atoms with Crippen molar-refractivity contribution in [1.29, 1.82) is 0 Å². The summed E-state index contributed by atoms with van der Waals surface area (Å²) in [4.78, 5) is 20.6. The van der Waals surface area contributed by atoms with E-state index in [2.05, 4.69) is 15.0 Å². The highest BCUT2D eigenvalue weighted by Gasteiger charge is 2.08. The van der Waals surface area contributed by atoms with Crippen molar-refractivity contribution >= 4 is 11.0 Å². The van der Waals surface area contributed by atoms with Crippen molar-refractivity contribution in [2.75, 3.05) is 0 Å². The van der Waals surface area contributed by atoms with E-state index in [0.717, 1.165) is 0 Å². The van der Waals surface area contributed by atoms with Crippen molar-refractivity contribution in [1.82, 2.24) is 15.0 Å². The van der Waals surface area contributed by atoms with Gasteiger partial charge in [-0.3, -0.25) is 4.79 Å². The minimum atomic E-state index is -0.366. The van der Waals surface area contributed by atoms with Gasteiger partial charge in [-0.15, -0.1) is 0 Å². The summed E-state index contributed by atoms with van der Waals surface area (Å²) in [7, 11) is 0. The molecule has 0 amide bonds. The first-order valence-corrected chi connectivity index (χ1v) is 5.07. The van der Waals surface area contributed by atoms with Crippen LogP contribution in [0.4, 0.5) is 4.39 Å². The van der Waals surface area contributed by atoms with Gasteiger partial charge >= 0.3 is 0 Å².